The predicted octanol–water partition coefficient (Wildman–Crippen LogP) is 1.63. The summed E-state index contributed by atoms with van der Waals surface area (Å²) in [6.07, 6.45) is 1.67. The number of carbonyl (C=O) groups excluding carboxylic acids is 1. The molecule has 0 saturated carbocycles. The highest BCUT2D eigenvalue weighted by molar-refractivity contribution is 5.67. The Kier molecular flexibility index (Phi) is 5.32. The Labute approximate surface area is 119 Å². The summed E-state index contributed by atoms with van der Waals surface area (Å²) >= 11 is 0. The second kappa shape index (κ2) is 6.75. The maximum absolute atomic E-state index is 11.4. The van der Waals surface area contributed by atoms with Gasteiger partial charge in [0.2, 0.25) is 5.95 Å². The van der Waals surface area contributed by atoms with Gasteiger partial charge in [0.1, 0.15) is 5.60 Å². The molecule has 0 atom stereocenters. The average molecular weight is 276 g/mol. The summed E-state index contributed by atoms with van der Waals surface area (Å²) in [5, 5.41) is 2.63. The lowest BCUT2D eigenvalue weighted by atomic mass is 10.2. The molecule has 0 aromatic carbocycles. The quantitative estimate of drug-likeness (QED) is 0.633. The minimum atomic E-state index is -0.492. The number of hydrogen-bond acceptors (Lipinski definition) is 5. The van der Waals surface area contributed by atoms with E-state index >= 15 is 0 Å². The molecule has 0 aliphatic heterocycles. The van der Waals surface area contributed by atoms with E-state index in [9.17, 15) is 4.79 Å². The molecule has 0 radical (unpaired) electrons. The van der Waals surface area contributed by atoms with Crippen LogP contribution in [0.1, 0.15) is 38.4 Å². The van der Waals surface area contributed by atoms with Gasteiger partial charge in [-0.05, 0) is 27.7 Å². The van der Waals surface area contributed by atoms with Crippen molar-refractivity contribution in [3.8, 4) is 11.8 Å². The highest BCUT2D eigenvalue weighted by Crippen LogP contribution is 2.06. The molecule has 20 heavy (non-hydrogen) atoms. The summed E-state index contributed by atoms with van der Waals surface area (Å²) in [4.78, 5) is 19.3. The topological polar surface area (TPSA) is 90.1 Å². The molecule has 0 unspecified atom stereocenters. The molecule has 0 bridgehead atoms. The van der Waals surface area contributed by atoms with Crippen LogP contribution in [-0.2, 0) is 4.74 Å². The smallest absolute Gasteiger partial charge is 0.407 e. The number of nitrogens with zero attached hydrogens (tertiary/aromatic N) is 2. The van der Waals surface area contributed by atoms with Gasteiger partial charge in [0.25, 0.3) is 0 Å². The van der Waals surface area contributed by atoms with Gasteiger partial charge in [0, 0.05) is 19.2 Å². The Hall–Kier alpha value is -2.29. The third-order valence-electron chi connectivity index (χ3n) is 2.14. The predicted molar refractivity (Wildman–Crippen MR) is 76.9 cm³/mol. The minimum absolute atomic E-state index is 0.236. The summed E-state index contributed by atoms with van der Waals surface area (Å²) in [5.74, 6) is 6.11. The lowest BCUT2D eigenvalue weighted by molar-refractivity contribution is 0.0529. The average Bonchev–Trinajstić information content (AvgIpc) is 2.28. The molecule has 0 aliphatic carbocycles. The maximum Gasteiger partial charge on any atom is 0.407 e. The number of nitrogens with two attached hydrogens (primary N) is 1. The fraction of sp³-hybridized carbons (Fsp3) is 0.500. The van der Waals surface area contributed by atoms with Crippen LogP contribution in [-0.4, -0.2) is 28.2 Å². The first-order valence-corrected chi connectivity index (χ1v) is 6.33. The molecule has 0 aliphatic rings. The fourth-order valence-corrected chi connectivity index (χ4v) is 1.31. The van der Waals surface area contributed by atoms with Gasteiger partial charge in [-0.15, -0.1) is 0 Å². The van der Waals surface area contributed by atoms with E-state index < -0.39 is 11.7 Å². The van der Waals surface area contributed by atoms with E-state index in [2.05, 4.69) is 27.1 Å². The molecule has 1 heterocycles. The van der Waals surface area contributed by atoms with E-state index in [1.165, 1.54) is 0 Å². The Morgan fingerprint density at radius 1 is 1.50 bits per heavy atom. The highest BCUT2D eigenvalue weighted by atomic mass is 16.6. The molecular formula is C14H20N4O2. The van der Waals surface area contributed by atoms with Crippen LogP contribution in [0.3, 0.4) is 0 Å². The van der Waals surface area contributed by atoms with Gasteiger partial charge in [0.05, 0.1) is 11.3 Å². The van der Waals surface area contributed by atoms with Gasteiger partial charge >= 0.3 is 6.09 Å². The van der Waals surface area contributed by atoms with E-state index in [1.807, 2.05) is 27.7 Å². The normalized spacial score (nSPS) is 10.4. The Morgan fingerprint density at radius 2 is 2.20 bits per heavy atom. The van der Waals surface area contributed by atoms with Crippen LogP contribution in [0.5, 0.6) is 0 Å². The van der Waals surface area contributed by atoms with Crippen molar-refractivity contribution in [2.75, 3.05) is 12.3 Å². The zero-order valence-electron chi connectivity index (χ0n) is 12.3. The number of rotatable bonds is 2. The van der Waals surface area contributed by atoms with Crippen LogP contribution in [0.15, 0.2) is 6.20 Å². The van der Waals surface area contributed by atoms with Gasteiger partial charge in [-0.2, -0.15) is 0 Å². The second-order valence-corrected chi connectivity index (χ2v) is 5.21. The van der Waals surface area contributed by atoms with Crippen LogP contribution >= 0.6 is 0 Å². The van der Waals surface area contributed by atoms with Crippen molar-refractivity contribution >= 4 is 12.0 Å². The molecule has 1 rings (SSSR count). The minimum Gasteiger partial charge on any atom is -0.444 e. The summed E-state index contributed by atoms with van der Waals surface area (Å²) in [6.45, 7) is 7.70. The maximum atomic E-state index is 11.4. The second-order valence-electron chi connectivity index (χ2n) is 5.21. The number of hydrogen-bond donors (Lipinski definition) is 2. The largest absolute Gasteiger partial charge is 0.444 e. The number of ether oxygens (including phenoxy) is 1. The van der Waals surface area contributed by atoms with E-state index in [1.54, 1.807) is 6.20 Å². The zero-order valence-corrected chi connectivity index (χ0v) is 12.3. The monoisotopic (exact) mass is 276 g/mol. The van der Waals surface area contributed by atoms with E-state index in [-0.39, 0.29) is 5.95 Å². The van der Waals surface area contributed by atoms with Crippen molar-refractivity contribution in [2.24, 2.45) is 0 Å². The Balaban J connectivity index is 2.38. The van der Waals surface area contributed by atoms with Crippen molar-refractivity contribution in [1.29, 1.82) is 0 Å². The first-order chi connectivity index (χ1) is 9.28. The first-order valence-electron chi connectivity index (χ1n) is 6.33. The number of nitrogen functional groups attached to an aromatic ring is 1. The number of aryl methyl sites for hydroxylation is 1. The van der Waals surface area contributed by atoms with Gasteiger partial charge in [0.15, 0.2) is 0 Å². The lowest BCUT2D eigenvalue weighted by Gasteiger charge is -2.19. The number of alkyl carbamates (subject to hydrolysis) is 1. The van der Waals surface area contributed by atoms with Gasteiger partial charge < -0.3 is 15.8 Å². The number of carbonyl (C=O) groups is 1. The van der Waals surface area contributed by atoms with Crippen LogP contribution in [0.4, 0.5) is 10.7 Å². The van der Waals surface area contributed by atoms with Gasteiger partial charge in [-0.3, -0.25) is 0 Å². The highest BCUT2D eigenvalue weighted by Gasteiger charge is 2.15. The summed E-state index contributed by atoms with van der Waals surface area (Å²) in [6, 6.07) is 0. The van der Waals surface area contributed by atoms with E-state index in [0.29, 0.717) is 13.0 Å². The van der Waals surface area contributed by atoms with Crippen molar-refractivity contribution in [1.82, 2.24) is 15.3 Å². The van der Waals surface area contributed by atoms with E-state index in [0.717, 1.165) is 11.3 Å². The first kappa shape index (κ1) is 15.8. The summed E-state index contributed by atoms with van der Waals surface area (Å²) in [5.41, 5.74) is 6.44. The molecule has 1 aromatic heterocycles. The van der Waals surface area contributed by atoms with Crippen LogP contribution in [0.2, 0.25) is 0 Å². The van der Waals surface area contributed by atoms with Gasteiger partial charge in [-0.25, -0.2) is 14.8 Å². The zero-order chi connectivity index (χ0) is 15.2. The lowest BCUT2D eigenvalue weighted by Crippen LogP contribution is -2.32. The molecule has 1 aromatic rings. The molecule has 1 amide bonds. The van der Waals surface area contributed by atoms with Crippen molar-refractivity contribution in [2.45, 2.75) is 39.7 Å². The number of aromatic nitrogens is 2. The molecule has 6 nitrogen and oxygen atoms in total. The van der Waals surface area contributed by atoms with Crippen LogP contribution in [0.25, 0.3) is 0 Å². The Bertz CT molecular complexity index is 538. The molecular weight excluding hydrogens is 256 g/mol. The SMILES string of the molecule is Cc1nc(N)ncc1C#CCCNC(=O)OC(C)(C)C. The summed E-state index contributed by atoms with van der Waals surface area (Å²) in [7, 11) is 0. The number of anilines is 1. The fourth-order valence-electron chi connectivity index (χ4n) is 1.31. The standard InChI is InChI=1S/C14H20N4O2/c1-10-11(9-17-12(15)18-10)7-5-6-8-16-13(19)20-14(2,3)4/h9H,6,8H2,1-4H3,(H,16,19)(H2,15,17,18). The third-order valence-corrected chi connectivity index (χ3v) is 2.14. The number of amides is 1. The van der Waals surface area contributed by atoms with Crippen molar-refractivity contribution < 1.29 is 9.53 Å². The summed E-state index contributed by atoms with van der Waals surface area (Å²) < 4.78 is 5.10. The van der Waals surface area contributed by atoms with Crippen LogP contribution in [0, 0.1) is 18.8 Å². The molecule has 108 valence electrons. The molecule has 0 spiro atoms. The van der Waals surface area contributed by atoms with Crippen molar-refractivity contribution in [3.63, 3.8) is 0 Å². The third kappa shape index (κ3) is 6.05. The molecule has 0 fully saturated rings. The molecule has 6 heteroatoms. The number of nitrogens with one attached hydrogen (secondary N) is 1. The van der Waals surface area contributed by atoms with Crippen LogP contribution < -0.4 is 11.1 Å². The Morgan fingerprint density at radius 3 is 2.80 bits per heavy atom. The van der Waals surface area contributed by atoms with E-state index in [4.69, 9.17) is 10.5 Å². The molecule has 3 N–H and O–H groups in total. The van der Waals surface area contributed by atoms with Gasteiger partial charge in [-0.1, -0.05) is 11.8 Å². The van der Waals surface area contributed by atoms with Crippen molar-refractivity contribution in [3.05, 3.63) is 17.5 Å². The molecule has 0 saturated heterocycles.